The van der Waals surface area contributed by atoms with E-state index in [1.807, 2.05) is 0 Å². The molecule has 0 spiro atoms. The van der Waals surface area contributed by atoms with Crippen LogP contribution < -0.4 is 4.74 Å². The molecule has 1 radical (unpaired) electrons. The minimum absolute atomic E-state index is 0.204. The Bertz CT molecular complexity index is 305. The van der Waals surface area contributed by atoms with E-state index in [4.69, 9.17) is 4.74 Å². The highest BCUT2D eigenvalue weighted by Crippen LogP contribution is 2.16. The van der Waals surface area contributed by atoms with Crippen LogP contribution in [0.15, 0.2) is 18.2 Å². The largest absolute Gasteiger partial charge is 0.497 e. The zero-order chi connectivity index (χ0) is 9.14. The molecule has 0 aliphatic heterocycles. The van der Waals surface area contributed by atoms with E-state index in [1.54, 1.807) is 19.1 Å². The van der Waals surface area contributed by atoms with Crippen molar-refractivity contribution in [3.05, 3.63) is 29.3 Å². The summed E-state index contributed by atoms with van der Waals surface area (Å²) in [5, 5.41) is 10.5. The molecule has 0 heterocycles. The van der Waals surface area contributed by atoms with Crippen molar-refractivity contribution in [3.63, 3.8) is 0 Å². The molecule has 1 aromatic rings. The Labute approximate surface area is 70.6 Å². The van der Waals surface area contributed by atoms with Crippen molar-refractivity contribution in [1.82, 2.24) is 0 Å². The fraction of sp³-hybridized carbons (Fsp3) is 0.222. The summed E-state index contributed by atoms with van der Waals surface area (Å²) in [4.78, 5) is 10.5. The molecule has 3 heteroatoms. The van der Waals surface area contributed by atoms with Crippen LogP contribution in [-0.2, 0) is 5.11 Å². The number of carbonyl (C=O) groups is 1. The maximum atomic E-state index is 10.5. The first-order chi connectivity index (χ1) is 5.65. The van der Waals surface area contributed by atoms with Gasteiger partial charge in [0.05, 0.1) is 12.7 Å². The maximum Gasteiger partial charge on any atom is 0.386 e. The Hall–Kier alpha value is -1.51. The predicted octanol–water partition coefficient (Wildman–Crippen LogP) is 1.57. The number of methoxy groups -OCH3 is 1. The summed E-state index contributed by atoms with van der Waals surface area (Å²) in [5.74, 6) is -0.507. The molecule has 12 heavy (non-hydrogen) atoms. The van der Waals surface area contributed by atoms with Crippen LogP contribution in [-0.4, -0.2) is 13.1 Å². The third-order valence-corrected chi connectivity index (χ3v) is 1.65. The highest BCUT2D eigenvalue weighted by molar-refractivity contribution is 5.89. The topological polar surface area (TPSA) is 46.2 Å². The second kappa shape index (κ2) is 3.26. The summed E-state index contributed by atoms with van der Waals surface area (Å²) < 4.78 is 4.92. The lowest BCUT2D eigenvalue weighted by Gasteiger charge is -2.02. The van der Waals surface area contributed by atoms with Gasteiger partial charge in [-0.1, -0.05) is 0 Å². The zero-order valence-corrected chi connectivity index (χ0v) is 6.96. The van der Waals surface area contributed by atoms with Gasteiger partial charge in [-0.3, -0.25) is 0 Å². The first-order valence-electron chi connectivity index (χ1n) is 3.51. The lowest BCUT2D eigenvalue weighted by atomic mass is 10.1. The minimum atomic E-state index is -1.16. The molecule has 1 aromatic carbocycles. The normalized spacial score (nSPS) is 9.50. The summed E-state index contributed by atoms with van der Waals surface area (Å²) in [6, 6.07) is 4.73. The second-order valence-corrected chi connectivity index (χ2v) is 2.47. The molecule has 0 aliphatic carbocycles. The summed E-state index contributed by atoms with van der Waals surface area (Å²) in [6.07, 6.45) is 0. The standard InChI is InChI=1S/C9H9O3/c1-6-5-7(12-2)3-4-8(6)9(10)11/h3-5H,1-2H3. The number of rotatable bonds is 2. The Balaban J connectivity index is 3.12. The average molecular weight is 165 g/mol. The molecule has 0 aromatic heterocycles. The van der Waals surface area contributed by atoms with E-state index >= 15 is 0 Å². The van der Waals surface area contributed by atoms with Crippen molar-refractivity contribution in [2.45, 2.75) is 6.92 Å². The summed E-state index contributed by atoms with van der Waals surface area (Å²) >= 11 is 0. The SMILES string of the molecule is COc1ccc(C([O])=O)c(C)c1. The minimum Gasteiger partial charge on any atom is -0.497 e. The highest BCUT2D eigenvalue weighted by Gasteiger charge is 2.08. The highest BCUT2D eigenvalue weighted by atomic mass is 16.5. The third kappa shape index (κ3) is 1.56. The van der Waals surface area contributed by atoms with Gasteiger partial charge < -0.3 is 4.74 Å². The van der Waals surface area contributed by atoms with Gasteiger partial charge in [-0.15, -0.1) is 0 Å². The molecular weight excluding hydrogens is 156 g/mol. The van der Waals surface area contributed by atoms with E-state index < -0.39 is 5.97 Å². The van der Waals surface area contributed by atoms with Gasteiger partial charge in [0.1, 0.15) is 5.75 Å². The van der Waals surface area contributed by atoms with E-state index in [0.717, 1.165) is 0 Å². The second-order valence-electron chi connectivity index (χ2n) is 2.47. The van der Waals surface area contributed by atoms with Crippen LogP contribution in [0.25, 0.3) is 0 Å². The number of benzene rings is 1. The number of carbonyl (C=O) groups excluding carboxylic acids is 1. The summed E-state index contributed by atoms with van der Waals surface area (Å²) in [6.45, 7) is 1.70. The van der Waals surface area contributed by atoms with E-state index in [0.29, 0.717) is 11.3 Å². The van der Waals surface area contributed by atoms with Crippen molar-refractivity contribution in [2.75, 3.05) is 7.11 Å². The number of hydrogen-bond acceptors (Lipinski definition) is 2. The molecule has 1 rings (SSSR count). The van der Waals surface area contributed by atoms with Gasteiger partial charge in [0.15, 0.2) is 0 Å². The van der Waals surface area contributed by atoms with Crippen LogP contribution in [0.3, 0.4) is 0 Å². The van der Waals surface area contributed by atoms with Crippen LogP contribution in [0.4, 0.5) is 0 Å². The van der Waals surface area contributed by atoms with Crippen LogP contribution in [0.5, 0.6) is 5.75 Å². The van der Waals surface area contributed by atoms with E-state index in [-0.39, 0.29) is 5.56 Å². The molecule has 63 valence electrons. The molecule has 0 saturated heterocycles. The lowest BCUT2D eigenvalue weighted by molar-refractivity contribution is 0.0572. The number of ether oxygens (including phenoxy) is 1. The smallest absolute Gasteiger partial charge is 0.386 e. The molecule has 0 bridgehead atoms. The van der Waals surface area contributed by atoms with E-state index in [9.17, 15) is 9.90 Å². The average Bonchev–Trinajstić information content (AvgIpc) is 2.03. The van der Waals surface area contributed by atoms with Crippen molar-refractivity contribution in [1.29, 1.82) is 0 Å². The Kier molecular flexibility index (Phi) is 2.33. The quantitative estimate of drug-likeness (QED) is 0.667. The van der Waals surface area contributed by atoms with Crippen LogP contribution >= 0.6 is 0 Å². The molecule has 0 fully saturated rings. The van der Waals surface area contributed by atoms with Crippen molar-refractivity contribution < 1.29 is 14.6 Å². The van der Waals surface area contributed by atoms with Crippen molar-refractivity contribution in [3.8, 4) is 5.75 Å². The lowest BCUT2D eigenvalue weighted by Crippen LogP contribution is -1.97. The number of hydrogen-bond donors (Lipinski definition) is 0. The van der Waals surface area contributed by atoms with Gasteiger partial charge in [-0.2, -0.15) is 0 Å². The van der Waals surface area contributed by atoms with Crippen molar-refractivity contribution in [2.24, 2.45) is 0 Å². The van der Waals surface area contributed by atoms with Crippen LogP contribution in [0.1, 0.15) is 15.9 Å². The zero-order valence-electron chi connectivity index (χ0n) is 6.96. The fourth-order valence-electron chi connectivity index (χ4n) is 0.992. The van der Waals surface area contributed by atoms with Gasteiger partial charge >= 0.3 is 5.97 Å². The molecule has 0 aliphatic rings. The van der Waals surface area contributed by atoms with E-state index in [2.05, 4.69) is 0 Å². The van der Waals surface area contributed by atoms with Gasteiger partial charge in [-0.05, 0) is 30.7 Å². The third-order valence-electron chi connectivity index (χ3n) is 1.65. The monoisotopic (exact) mass is 165 g/mol. The van der Waals surface area contributed by atoms with Gasteiger partial charge in [0.2, 0.25) is 0 Å². The summed E-state index contributed by atoms with van der Waals surface area (Å²) in [5.41, 5.74) is 0.852. The van der Waals surface area contributed by atoms with Crippen molar-refractivity contribution >= 4 is 5.97 Å². The Morgan fingerprint density at radius 1 is 1.42 bits per heavy atom. The molecule has 0 saturated carbocycles. The molecule has 0 unspecified atom stereocenters. The predicted molar refractivity (Wildman–Crippen MR) is 42.7 cm³/mol. The first kappa shape index (κ1) is 8.59. The van der Waals surface area contributed by atoms with Gasteiger partial charge in [-0.25, -0.2) is 9.90 Å². The molecule has 0 N–H and O–H groups in total. The molecular formula is C9H9O3. The van der Waals surface area contributed by atoms with E-state index in [1.165, 1.54) is 13.2 Å². The Morgan fingerprint density at radius 2 is 2.08 bits per heavy atom. The van der Waals surface area contributed by atoms with Gasteiger partial charge in [0, 0.05) is 0 Å². The maximum absolute atomic E-state index is 10.5. The molecule has 0 atom stereocenters. The van der Waals surface area contributed by atoms with Crippen LogP contribution in [0, 0.1) is 6.92 Å². The molecule has 3 nitrogen and oxygen atoms in total. The summed E-state index contributed by atoms with van der Waals surface area (Å²) in [7, 11) is 1.54. The first-order valence-corrected chi connectivity index (χ1v) is 3.51. The van der Waals surface area contributed by atoms with Crippen LogP contribution in [0.2, 0.25) is 0 Å². The Morgan fingerprint density at radius 3 is 2.50 bits per heavy atom. The van der Waals surface area contributed by atoms with Gasteiger partial charge in [0.25, 0.3) is 0 Å². The molecule has 0 amide bonds. The fourth-order valence-corrected chi connectivity index (χ4v) is 0.992. The number of aryl methyl sites for hydroxylation is 1.